The van der Waals surface area contributed by atoms with Gasteiger partial charge in [0.15, 0.2) is 0 Å². The maximum atomic E-state index is 12.6. The number of methoxy groups -OCH3 is 2. The lowest BCUT2D eigenvalue weighted by atomic mass is 9.88. The Kier molecular flexibility index (Phi) is 9.46. The topological polar surface area (TPSA) is 96.0 Å². The minimum absolute atomic E-state index is 0.0314. The molecule has 0 bridgehead atoms. The van der Waals surface area contributed by atoms with Crippen LogP contribution < -0.4 is 14.8 Å². The molecular formula is C24H32N2O6. The lowest BCUT2D eigenvalue weighted by Crippen LogP contribution is -2.42. The second-order valence-electron chi connectivity index (χ2n) is 8.45. The van der Waals surface area contributed by atoms with E-state index in [4.69, 9.17) is 18.9 Å². The molecule has 8 nitrogen and oxygen atoms in total. The molecule has 0 saturated heterocycles. The van der Waals surface area contributed by atoms with E-state index in [1.54, 1.807) is 31.4 Å². The molecule has 0 spiro atoms. The number of nitrogens with one attached hydrogen (secondary N) is 1. The third-order valence-corrected chi connectivity index (χ3v) is 4.56. The molecule has 174 valence electrons. The van der Waals surface area contributed by atoms with Gasteiger partial charge in [-0.25, -0.2) is 9.78 Å². The largest absolute Gasteiger partial charge is 0.491 e. The first-order valence-electron chi connectivity index (χ1n) is 10.5. The molecule has 8 heteroatoms. The molecular weight excluding hydrogens is 412 g/mol. The number of aromatic nitrogens is 1. The molecule has 0 aliphatic heterocycles. The number of amides is 1. The van der Waals surface area contributed by atoms with Gasteiger partial charge in [-0.1, -0.05) is 26.8 Å². The van der Waals surface area contributed by atoms with Crippen molar-refractivity contribution in [2.75, 3.05) is 27.4 Å². The summed E-state index contributed by atoms with van der Waals surface area (Å²) in [6.07, 6.45) is 2.65. The van der Waals surface area contributed by atoms with Gasteiger partial charge >= 0.3 is 5.97 Å². The molecule has 0 radical (unpaired) electrons. The molecule has 1 aromatic heterocycles. The highest BCUT2D eigenvalue weighted by Crippen LogP contribution is 2.24. The van der Waals surface area contributed by atoms with E-state index in [2.05, 4.69) is 31.1 Å². The minimum atomic E-state index is -0.719. The van der Waals surface area contributed by atoms with Gasteiger partial charge in [-0.05, 0) is 36.5 Å². The van der Waals surface area contributed by atoms with Crippen molar-refractivity contribution < 1.29 is 28.5 Å². The first-order chi connectivity index (χ1) is 15.2. The van der Waals surface area contributed by atoms with E-state index in [9.17, 15) is 9.59 Å². The van der Waals surface area contributed by atoms with Crippen LogP contribution in [0.2, 0.25) is 0 Å². The number of carbonyl (C=O) groups is 2. The summed E-state index contributed by atoms with van der Waals surface area (Å²) in [5, 5.41) is 2.74. The number of hydrogen-bond acceptors (Lipinski definition) is 7. The highest BCUT2D eigenvalue weighted by atomic mass is 16.5. The summed E-state index contributed by atoms with van der Waals surface area (Å²) in [6, 6.07) is 9.62. The molecule has 1 heterocycles. The van der Waals surface area contributed by atoms with Crippen molar-refractivity contribution in [3.05, 3.63) is 48.2 Å². The van der Waals surface area contributed by atoms with E-state index in [0.717, 1.165) is 6.42 Å². The molecule has 0 aliphatic carbocycles. The van der Waals surface area contributed by atoms with Crippen LogP contribution in [0.15, 0.2) is 42.6 Å². The maximum Gasteiger partial charge on any atom is 0.328 e. The standard InChI is InChI=1S/C24H32N2O6/c1-24(2,3)12-11-20(23(28)30-5)26-22(27)17-9-10-21(25-16-17)32-19-8-6-7-18(15-19)31-14-13-29-4/h6-10,15-16,20H,11-14H2,1-5H3,(H,26,27)/t20-/m0/s1. The number of rotatable bonds is 11. The van der Waals surface area contributed by atoms with Gasteiger partial charge in [-0.2, -0.15) is 0 Å². The van der Waals surface area contributed by atoms with Gasteiger partial charge in [0.1, 0.15) is 24.1 Å². The van der Waals surface area contributed by atoms with E-state index >= 15 is 0 Å². The Labute approximate surface area is 189 Å². The summed E-state index contributed by atoms with van der Waals surface area (Å²) >= 11 is 0. The van der Waals surface area contributed by atoms with Gasteiger partial charge in [0.25, 0.3) is 5.91 Å². The van der Waals surface area contributed by atoms with E-state index in [1.165, 1.54) is 13.3 Å². The van der Waals surface area contributed by atoms with Crippen molar-refractivity contribution in [3.63, 3.8) is 0 Å². The van der Waals surface area contributed by atoms with Gasteiger partial charge in [0.2, 0.25) is 5.88 Å². The molecule has 2 aromatic rings. The smallest absolute Gasteiger partial charge is 0.328 e. The molecule has 0 saturated carbocycles. The second-order valence-corrected chi connectivity index (χ2v) is 8.45. The average Bonchev–Trinajstić information content (AvgIpc) is 2.76. The van der Waals surface area contributed by atoms with Crippen LogP contribution in [0.1, 0.15) is 44.0 Å². The summed E-state index contributed by atoms with van der Waals surface area (Å²) < 4.78 is 21.1. The van der Waals surface area contributed by atoms with Crippen molar-refractivity contribution in [1.82, 2.24) is 10.3 Å². The van der Waals surface area contributed by atoms with Crippen LogP contribution in [0.3, 0.4) is 0 Å². The Morgan fingerprint density at radius 2 is 1.81 bits per heavy atom. The van der Waals surface area contributed by atoms with E-state index in [1.807, 2.05) is 12.1 Å². The Morgan fingerprint density at radius 3 is 2.44 bits per heavy atom. The zero-order chi connectivity index (χ0) is 23.6. The molecule has 1 atom stereocenters. The molecule has 1 amide bonds. The van der Waals surface area contributed by atoms with E-state index < -0.39 is 17.9 Å². The summed E-state index contributed by atoms with van der Waals surface area (Å²) in [6.45, 7) is 7.15. The van der Waals surface area contributed by atoms with Crippen molar-refractivity contribution in [3.8, 4) is 17.4 Å². The third kappa shape index (κ3) is 8.55. The van der Waals surface area contributed by atoms with Crippen LogP contribution in [0.5, 0.6) is 17.4 Å². The predicted molar refractivity (Wildman–Crippen MR) is 120 cm³/mol. The molecule has 0 fully saturated rings. The molecule has 1 aromatic carbocycles. The number of esters is 1. The maximum absolute atomic E-state index is 12.6. The Balaban J connectivity index is 1.99. The number of nitrogens with zero attached hydrogens (tertiary/aromatic N) is 1. The highest BCUT2D eigenvalue weighted by molar-refractivity contribution is 5.96. The van der Waals surface area contributed by atoms with Crippen molar-refractivity contribution in [2.45, 2.75) is 39.7 Å². The monoisotopic (exact) mass is 444 g/mol. The number of carbonyl (C=O) groups excluding carboxylic acids is 2. The lowest BCUT2D eigenvalue weighted by Gasteiger charge is -2.22. The highest BCUT2D eigenvalue weighted by Gasteiger charge is 2.24. The van der Waals surface area contributed by atoms with Crippen LogP contribution in [-0.2, 0) is 14.3 Å². The summed E-state index contributed by atoms with van der Waals surface area (Å²) in [4.78, 5) is 28.9. The number of benzene rings is 1. The van der Waals surface area contributed by atoms with Crippen molar-refractivity contribution in [2.24, 2.45) is 5.41 Å². The Morgan fingerprint density at radius 1 is 1.06 bits per heavy atom. The molecule has 32 heavy (non-hydrogen) atoms. The fourth-order valence-electron chi connectivity index (χ4n) is 2.78. The minimum Gasteiger partial charge on any atom is -0.491 e. The predicted octanol–water partition coefficient (Wildman–Crippen LogP) is 4.00. The molecule has 2 rings (SSSR count). The Bertz CT molecular complexity index is 877. The van der Waals surface area contributed by atoms with Gasteiger partial charge in [-0.3, -0.25) is 4.79 Å². The summed E-state index contributed by atoms with van der Waals surface area (Å²) in [7, 11) is 2.92. The number of hydrogen-bond donors (Lipinski definition) is 1. The SMILES string of the molecule is COCCOc1cccc(Oc2ccc(C(=O)N[C@@H](CCC(C)(C)C)C(=O)OC)cn2)c1. The van der Waals surface area contributed by atoms with Crippen LogP contribution in [0, 0.1) is 5.41 Å². The number of ether oxygens (including phenoxy) is 4. The first-order valence-corrected chi connectivity index (χ1v) is 10.5. The fraction of sp³-hybridized carbons (Fsp3) is 0.458. The fourth-order valence-corrected chi connectivity index (χ4v) is 2.78. The van der Waals surface area contributed by atoms with E-state index in [-0.39, 0.29) is 5.41 Å². The zero-order valence-electron chi connectivity index (χ0n) is 19.3. The summed E-state index contributed by atoms with van der Waals surface area (Å²) in [5.41, 5.74) is 0.350. The second kappa shape index (κ2) is 12.0. The van der Waals surface area contributed by atoms with Crippen LogP contribution in [0.4, 0.5) is 0 Å². The van der Waals surface area contributed by atoms with Crippen molar-refractivity contribution >= 4 is 11.9 Å². The normalized spacial score (nSPS) is 12.0. The van der Waals surface area contributed by atoms with Gasteiger partial charge in [-0.15, -0.1) is 0 Å². The number of pyridine rings is 1. The molecule has 0 unspecified atom stereocenters. The van der Waals surface area contributed by atoms with Crippen LogP contribution in [-0.4, -0.2) is 50.3 Å². The molecule has 1 N–H and O–H groups in total. The molecule has 0 aliphatic rings. The lowest BCUT2D eigenvalue weighted by molar-refractivity contribution is -0.143. The van der Waals surface area contributed by atoms with Gasteiger partial charge in [0, 0.05) is 25.4 Å². The van der Waals surface area contributed by atoms with Crippen LogP contribution >= 0.6 is 0 Å². The summed E-state index contributed by atoms with van der Waals surface area (Å²) in [5.74, 6) is 0.662. The van der Waals surface area contributed by atoms with Gasteiger partial charge < -0.3 is 24.3 Å². The van der Waals surface area contributed by atoms with Gasteiger partial charge in [0.05, 0.1) is 19.3 Å². The van der Waals surface area contributed by atoms with Crippen LogP contribution in [0.25, 0.3) is 0 Å². The van der Waals surface area contributed by atoms with Crippen molar-refractivity contribution in [1.29, 1.82) is 0 Å². The first kappa shape index (κ1) is 25.1. The average molecular weight is 445 g/mol. The Hall–Kier alpha value is -3.13. The zero-order valence-corrected chi connectivity index (χ0v) is 19.3. The quantitative estimate of drug-likeness (QED) is 0.413. The van der Waals surface area contributed by atoms with E-state index in [0.29, 0.717) is 42.6 Å². The third-order valence-electron chi connectivity index (χ3n) is 4.56.